The number of hydrogen-bond acceptors (Lipinski definition) is 4. The van der Waals surface area contributed by atoms with Gasteiger partial charge in [0.15, 0.2) is 5.96 Å². The van der Waals surface area contributed by atoms with Crippen molar-refractivity contribution in [2.24, 2.45) is 4.99 Å². The Morgan fingerprint density at radius 3 is 2.52 bits per heavy atom. The second-order valence-corrected chi connectivity index (χ2v) is 5.93. The lowest BCUT2D eigenvalue weighted by molar-refractivity contribution is 0.152. The monoisotopic (exact) mass is 356 g/mol. The van der Waals surface area contributed by atoms with E-state index in [4.69, 9.17) is 9.47 Å². The molecule has 1 aliphatic rings. The van der Waals surface area contributed by atoms with E-state index in [1.54, 1.807) is 21.3 Å². The van der Waals surface area contributed by atoms with Crippen LogP contribution in [-0.4, -0.2) is 64.2 Å². The van der Waals surface area contributed by atoms with Gasteiger partial charge < -0.3 is 20.1 Å². The molecule has 1 fully saturated rings. The minimum absolute atomic E-state index is 0.177. The Morgan fingerprint density at radius 1 is 1.28 bits per heavy atom. The summed E-state index contributed by atoms with van der Waals surface area (Å²) in [4.78, 5) is 6.29. The number of guanidine groups is 1. The molecule has 2 N–H and O–H groups in total. The van der Waals surface area contributed by atoms with Gasteiger partial charge in [-0.1, -0.05) is 0 Å². The van der Waals surface area contributed by atoms with Crippen LogP contribution in [0.2, 0.25) is 0 Å². The molecule has 140 valence electrons. The van der Waals surface area contributed by atoms with Gasteiger partial charge in [0, 0.05) is 38.8 Å². The average molecular weight is 356 g/mol. The normalized spacial score (nSPS) is 18.5. The molecule has 0 amide bonds. The van der Waals surface area contributed by atoms with Gasteiger partial charge in [-0.3, -0.25) is 9.89 Å². The Kier molecular flexibility index (Phi) is 7.24. The summed E-state index contributed by atoms with van der Waals surface area (Å²) in [6, 6.07) is 6.01. The van der Waals surface area contributed by atoms with Gasteiger partial charge in [-0.15, -0.1) is 0 Å². The van der Waals surface area contributed by atoms with Crippen molar-refractivity contribution in [2.45, 2.75) is 25.4 Å². The first-order valence-electron chi connectivity index (χ1n) is 8.23. The van der Waals surface area contributed by atoms with E-state index in [0.29, 0.717) is 5.96 Å². The first-order chi connectivity index (χ1) is 12.0. The number of rotatable bonds is 7. The summed E-state index contributed by atoms with van der Waals surface area (Å²) in [7, 11) is 4.84. The van der Waals surface area contributed by atoms with E-state index in [-0.39, 0.29) is 6.04 Å². The number of nitrogens with zero attached hydrogens (tertiary/aromatic N) is 2. The molecular weight excluding hydrogens is 330 g/mol. The highest BCUT2D eigenvalue weighted by Crippen LogP contribution is 2.24. The van der Waals surface area contributed by atoms with E-state index in [2.05, 4.69) is 20.5 Å². The summed E-state index contributed by atoms with van der Waals surface area (Å²) < 4.78 is 35.2. The zero-order chi connectivity index (χ0) is 18.2. The number of benzene rings is 1. The van der Waals surface area contributed by atoms with Gasteiger partial charge in [0.25, 0.3) is 6.43 Å². The second-order valence-electron chi connectivity index (χ2n) is 5.93. The molecule has 25 heavy (non-hydrogen) atoms. The molecule has 1 saturated heterocycles. The van der Waals surface area contributed by atoms with E-state index in [1.807, 2.05) is 18.2 Å². The Balaban J connectivity index is 1.88. The van der Waals surface area contributed by atoms with Crippen molar-refractivity contribution in [2.75, 3.05) is 40.9 Å². The van der Waals surface area contributed by atoms with Crippen molar-refractivity contribution in [3.63, 3.8) is 0 Å². The van der Waals surface area contributed by atoms with E-state index in [1.165, 1.54) is 0 Å². The average Bonchev–Trinajstić information content (AvgIpc) is 3.04. The van der Waals surface area contributed by atoms with Crippen LogP contribution in [-0.2, 0) is 6.54 Å². The van der Waals surface area contributed by atoms with Gasteiger partial charge in [-0.25, -0.2) is 8.78 Å². The molecule has 1 aromatic carbocycles. The number of aliphatic imine (C=N–C) groups is 1. The highest BCUT2D eigenvalue weighted by atomic mass is 19.3. The van der Waals surface area contributed by atoms with Gasteiger partial charge in [-0.2, -0.15) is 0 Å². The highest BCUT2D eigenvalue weighted by Gasteiger charge is 2.23. The summed E-state index contributed by atoms with van der Waals surface area (Å²) in [6.07, 6.45) is -1.47. The van der Waals surface area contributed by atoms with Crippen molar-refractivity contribution in [1.82, 2.24) is 15.5 Å². The fraction of sp³-hybridized carbons (Fsp3) is 0.588. The summed E-state index contributed by atoms with van der Waals surface area (Å²) in [5.41, 5.74) is 1.11. The van der Waals surface area contributed by atoms with Crippen LogP contribution in [0.15, 0.2) is 23.2 Å². The van der Waals surface area contributed by atoms with E-state index in [0.717, 1.165) is 43.1 Å². The Hall–Kier alpha value is -2.09. The van der Waals surface area contributed by atoms with Gasteiger partial charge in [0.05, 0.1) is 20.8 Å². The van der Waals surface area contributed by atoms with Crippen molar-refractivity contribution >= 4 is 5.96 Å². The molecule has 0 saturated carbocycles. The number of alkyl halides is 2. The van der Waals surface area contributed by atoms with Crippen molar-refractivity contribution in [3.05, 3.63) is 23.8 Å². The molecule has 1 aromatic rings. The molecule has 1 atom stereocenters. The zero-order valence-corrected chi connectivity index (χ0v) is 14.9. The smallest absolute Gasteiger partial charge is 0.255 e. The lowest BCUT2D eigenvalue weighted by Gasteiger charge is -2.19. The van der Waals surface area contributed by atoms with Crippen LogP contribution in [0.25, 0.3) is 0 Å². The Labute approximate surface area is 147 Å². The fourth-order valence-electron chi connectivity index (χ4n) is 2.87. The number of nitrogens with one attached hydrogen (secondary N) is 2. The standard InChI is InChI=1S/C17H26F2N4O2/c1-20-17(21-9-16(18)19)22-13-4-5-23(11-13)10-12-6-14(24-2)8-15(7-12)25-3/h6-8,13,16H,4-5,9-11H2,1-3H3,(H2,20,21,22). The summed E-state index contributed by atoms with van der Waals surface area (Å²) in [5, 5.41) is 5.82. The number of halogens is 2. The van der Waals surface area contributed by atoms with Crippen LogP contribution in [0.3, 0.4) is 0 Å². The predicted molar refractivity (Wildman–Crippen MR) is 93.7 cm³/mol. The third kappa shape index (κ3) is 6.04. The third-order valence-corrected chi connectivity index (χ3v) is 4.08. The molecule has 1 heterocycles. The van der Waals surface area contributed by atoms with Crippen LogP contribution >= 0.6 is 0 Å². The largest absolute Gasteiger partial charge is 0.497 e. The Morgan fingerprint density at radius 2 is 1.96 bits per heavy atom. The van der Waals surface area contributed by atoms with Crippen molar-refractivity contribution < 1.29 is 18.3 Å². The van der Waals surface area contributed by atoms with Gasteiger partial charge >= 0.3 is 0 Å². The summed E-state index contributed by atoms with van der Waals surface area (Å²) >= 11 is 0. The van der Waals surface area contributed by atoms with Crippen LogP contribution < -0.4 is 20.1 Å². The molecule has 8 heteroatoms. The lowest BCUT2D eigenvalue weighted by Crippen LogP contribution is -2.45. The fourth-order valence-corrected chi connectivity index (χ4v) is 2.87. The van der Waals surface area contributed by atoms with Gasteiger partial charge in [0.1, 0.15) is 11.5 Å². The minimum Gasteiger partial charge on any atom is -0.497 e. The maximum atomic E-state index is 12.3. The van der Waals surface area contributed by atoms with E-state index in [9.17, 15) is 8.78 Å². The van der Waals surface area contributed by atoms with Gasteiger partial charge in [-0.05, 0) is 24.1 Å². The van der Waals surface area contributed by atoms with E-state index < -0.39 is 13.0 Å². The molecule has 1 aliphatic heterocycles. The van der Waals surface area contributed by atoms with Crippen LogP contribution in [0.1, 0.15) is 12.0 Å². The molecule has 0 aromatic heterocycles. The second kappa shape index (κ2) is 9.41. The molecular formula is C17H26F2N4O2. The lowest BCUT2D eigenvalue weighted by atomic mass is 10.2. The number of methoxy groups -OCH3 is 2. The predicted octanol–water partition coefficient (Wildman–Crippen LogP) is 1.71. The summed E-state index contributed by atoms with van der Waals surface area (Å²) in [6.45, 7) is 2.10. The minimum atomic E-state index is -2.40. The Bertz CT molecular complexity index is 562. The first kappa shape index (κ1) is 19.2. The number of hydrogen-bond donors (Lipinski definition) is 2. The maximum absolute atomic E-state index is 12.3. The molecule has 1 unspecified atom stereocenters. The number of ether oxygens (including phenoxy) is 2. The zero-order valence-electron chi connectivity index (χ0n) is 14.9. The van der Waals surface area contributed by atoms with E-state index >= 15 is 0 Å². The highest BCUT2D eigenvalue weighted by molar-refractivity contribution is 5.80. The van der Waals surface area contributed by atoms with Crippen LogP contribution in [0.4, 0.5) is 8.78 Å². The van der Waals surface area contributed by atoms with Crippen molar-refractivity contribution in [1.29, 1.82) is 0 Å². The molecule has 0 spiro atoms. The van der Waals surface area contributed by atoms with Crippen LogP contribution in [0.5, 0.6) is 11.5 Å². The van der Waals surface area contributed by atoms with Crippen molar-refractivity contribution in [3.8, 4) is 11.5 Å². The topological polar surface area (TPSA) is 58.1 Å². The molecule has 6 nitrogen and oxygen atoms in total. The third-order valence-electron chi connectivity index (χ3n) is 4.08. The van der Waals surface area contributed by atoms with Gasteiger partial charge in [0.2, 0.25) is 0 Å². The molecule has 0 aliphatic carbocycles. The molecule has 0 radical (unpaired) electrons. The first-order valence-corrected chi connectivity index (χ1v) is 8.23. The number of likely N-dealkylation sites (tertiary alicyclic amines) is 1. The summed E-state index contributed by atoms with van der Waals surface area (Å²) in [5.74, 6) is 1.94. The molecule has 0 bridgehead atoms. The molecule has 2 rings (SSSR count). The quantitative estimate of drug-likeness (QED) is 0.575. The SMILES string of the molecule is CN=C(NCC(F)F)NC1CCN(Cc2cc(OC)cc(OC)c2)C1. The maximum Gasteiger partial charge on any atom is 0.255 e. The van der Waals surface area contributed by atoms with Crippen LogP contribution in [0, 0.1) is 0 Å².